The SMILES string of the molecule is O=C(N/C(=C\c1ccco1)C(=O)N1CCCC(CO)C1)c1ccccc1. The predicted molar refractivity (Wildman–Crippen MR) is 97.0 cm³/mol. The van der Waals surface area contributed by atoms with Crippen LogP contribution < -0.4 is 5.32 Å². The normalized spacial score (nSPS) is 17.8. The topological polar surface area (TPSA) is 82.8 Å². The third kappa shape index (κ3) is 4.40. The molecule has 1 aliphatic rings. The van der Waals surface area contributed by atoms with E-state index in [1.54, 1.807) is 41.3 Å². The van der Waals surface area contributed by atoms with E-state index >= 15 is 0 Å². The number of furan rings is 1. The zero-order valence-electron chi connectivity index (χ0n) is 14.4. The van der Waals surface area contributed by atoms with Crippen LogP contribution in [0.1, 0.15) is 29.0 Å². The maximum Gasteiger partial charge on any atom is 0.270 e. The van der Waals surface area contributed by atoms with Crippen LogP contribution in [0.25, 0.3) is 6.08 Å². The molecule has 0 saturated carbocycles. The van der Waals surface area contributed by atoms with Crippen molar-refractivity contribution in [1.82, 2.24) is 10.2 Å². The monoisotopic (exact) mass is 354 g/mol. The van der Waals surface area contributed by atoms with Crippen LogP contribution in [-0.2, 0) is 4.79 Å². The van der Waals surface area contributed by atoms with Crippen molar-refractivity contribution in [2.24, 2.45) is 5.92 Å². The summed E-state index contributed by atoms with van der Waals surface area (Å²) in [6.07, 6.45) is 4.77. The van der Waals surface area contributed by atoms with E-state index in [1.165, 1.54) is 12.3 Å². The molecule has 1 unspecified atom stereocenters. The molecule has 6 heteroatoms. The molecule has 136 valence electrons. The fourth-order valence-electron chi connectivity index (χ4n) is 3.02. The maximum absolute atomic E-state index is 13.0. The summed E-state index contributed by atoms with van der Waals surface area (Å²) in [5, 5.41) is 12.1. The standard InChI is InChI=1S/C20H22N2O4/c23-14-15-6-4-10-22(13-15)20(25)18(12-17-9-5-11-26-17)21-19(24)16-7-2-1-3-8-16/h1-3,5,7-9,11-12,15,23H,4,6,10,13-14H2,(H,21,24)/b18-12-. The van der Waals surface area contributed by atoms with Gasteiger partial charge < -0.3 is 19.7 Å². The van der Waals surface area contributed by atoms with Gasteiger partial charge in [0.2, 0.25) is 0 Å². The number of hydrogen-bond acceptors (Lipinski definition) is 4. The van der Waals surface area contributed by atoms with Crippen LogP contribution in [0.15, 0.2) is 58.8 Å². The number of carbonyl (C=O) groups is 2. The molecule has 1 aromatic heterocycles. The average molecular weight is 354 g/mol. The summed E-state index contributed by atoms with van der Waals surface area (Å²) in [4.78, 5) is 27.1. The van der Waals surface area contributed by atoms with Crippen molar-refractivity contribution in [3.63, 3.8) is 0 Å². The summed E-state index contributed by atoms with van der Waals surface area (Å²) >= 11 is 0. The summed E-state index contributed by atoms with van der Waals surface area (Å²) in [7, 11) is 0. The maximum atomic E-state index is 13.0. The smallest absolute Gasteiger partial charge is 0.270 e. The molecule has 0 aliphatic carbocycles. The Labute approximate surface area is 152 Å². The summed E-state index contributed by atoms with van der Waals surface area (Å²) in [6.45, 7) is 1.13. The first-order valence-corrected chi connectivity index (χ1v) is 8.69. The van der Waals surface area contributed by atoms with Gasteiger partial charge in [-0.2, -0.15) is 0 Å². The number of piperidine rings is 1. The number of benzene rings is 1. The van der Waals surface area contributed by atoms with Gasteiger partial charge in [0.25, 0.3) is 11.8 Å². The van der Waals surface area contributed by atoms with Crippen molar-refractivity contribution in [1.29, 1.82) is 0 Å². The molecule has 1 aromatic carbocycles. The second kappa shape index (κ2) is 8.49. The fourth-order valence-corrected chi connectivity index (χ4v) is 3.02. The third-order valence-corrected chi connectivity index (χ3v) is 4.41. The molecule has 1 saturated heterocycles. The molecule has 26 heavy (non-hydrogen) atoms. The molecule has 0 bridgehead atoms. The van der Waals surface area contributed by atoms with Crippen molar-refractivity contribution >= 4 is 17.9 Å². The minimum Gasteiger partial charge on any atom is -0.465 e. The Morgan fingerprint density at radius 2 is 2.04 bits per heavy atom. The van der Waals surface area contributed by atoms with Crippen LogP contribution in [0.5, 0.6) is 0 Å². The molecule has 2 N–H and O–H groups in total. The van der Waals surface area contributed by atoms with Crippen molar-refractivity contribution < 1.29 is 19.1 Å². The van der Waals surface area contributed by atoms with Gasteiger partial charge in [-0.15, -0.1) is 0 Å². The van der Waals surface area contributed by atoms with E-state index in [0.717, 1.165) is 12.8 Å². The highest BCUT2D eigenvalue weighted by Crippen LogP contribution is 2.18. The Balaban J connectivity index is 1.81. The first kappa shape index (κ1) is 17.9. The molecule has 0 radical (unpaired) electrons. The molecule has 2 aromatic rings. The molecule has 1 atom stereocenters. The van der Waals surface area contributed by atoms with E-state index < -0.39 is 0 Å². The van der Waals surface area contributed by atoms with Crippen LogP contribution in [0.2, 0.25) is 0 Å². The number of nitrogens with one attached hydrogen (secondary N) is 1. The van der Waals surface area contributed by atoms with Gasteiger partial charge in [-0.05, 0) is 43.0 Å². The van der Waals surface area contributed by atoms with E-state index in [1.807, 2.05) is 6.07 Å². The summed E-state index contributed by atoms with van der Waals surface area (Å²) < 4.78 is 5.29. The van der Waals surface area contributed by atoms with Gasteiger partial charge in [-0.3, -0.25) is 9.59 Å². The number of likely N-dealkylation sites (tertiary alicyclic amines) is 1. The Bertz CT molecular complexity index is 768. The quantitative estimate of drug-likeness (QED) is 0.807. The number of amides is 2. The zero-order chi connectivity index (χ0) is 18.4. The molecule has 2 amide bonds. The van der Waals surface area contributed by atoms with Crippen LogP contribution in [0.4, 0.5) is 0 Å². The van der Waals surface area contributed by atoms with Gasteiger partial charge in [0, 0.05) is 31.3 Å². The highest BCUT2D eigenvalue weighted by atomic mass is 16.3. The van der Waals surface area contributed by atoms with Gasteiger partial charge in [0.05, 0.1) is 6.26 Å². The lowest BCUT2D eigenvalue weighted by Gasteiger charge is -2.32. The molecule has 1 aliphatic heterocycles. The van der Waals surface area contributed by atoms with Gasteiger partial charge in [0.15, 0.2) is 0 Å². The first-order valence-electron chi connectivity index (χ1n) is 8.69. The number of rotatable bonds is 5. The fraction of sp³-hybridized carbons (Fsp3) is 0.300. The third-order valence-electron chi connectivity index (χ3n) is 4.41. The first-order chi connectivity index (χ1) is 12.7. The average Bonchev–Trinajstić information content (AvgIpc) is 3.20. The summed E-state index contributed by atoms with van der Waals surface area (Å²) in [5.74, 6) is -0.0730. The Hall–Kier alpha value is -2.86. The summed E-state index contributed by atoms with van der Waals surface area (Å²) in [6, 6.07) is 12.2. The molecular formula is C20H22N2O4. The van der Waals surface area contributed by atoms with Gasteiger partial charge in [0.1, 0.15) is 11.5 Å². The van der Waals surface area contributed by atoms with Crippen molar-refractivity contribution in [2.75, 3.05) is 19.7 Å². The number of nitrogens with zero attached hydrogens (tertiary/aromatic N) is 1. The molecule has 6 nitrogen and oxygen atoms in total. The van der Waals surface area contributed by atoms with E-state index in [4.69, 9.17) is 4.42 Å². The lowest BCUT2D eigenvalue weighted by Crippen LogP contribution is -2.44. The zero-order valence-corrected chi connectivity index (χ0v) is 14.4. The van der Waals surface area contributed by atoms with Crippen molar-refractivity contribution in [3.05, 3.63) is 65.7 Å². The Morgan fingerprint density at radius 1 is 1.23 bits per heavy atom. The lowest BCUT2D eigenvalue weighted by molar-refractivity contribution is -0.129. The van der Waals surface area contributed by atoms with Crippen LogP contribution >= 0.6 is 0 Å². The number of aliphatic hydroxyl groups excluding tert-OH is 1. The number of aliphatic hydroxyl groups is 1. The van der Waals surface area contributed by atoms with Crippen molar-refractivity contribution in [2.45, 2.75) is 12.8 Å². The lowest BCUT2D eigenvalue weighted by atomic mass is 9.99. The minimum absolute atomic E-state index is 0.0530. The van der Waals surface area contributed by atoms with E-state index in [-0.39, 0.29) is 30.0 Å². The highest BCUT2D eigenvalue weighted by molar-refractivity contribution is 6.05. The second-order valence-electron chi connectivity index (χ2n) is 6.34. The second-order valence-corrected chi connectivity index (χ2v) is 6.34. The molecular weight excluding hydrogens is 332 g/mol. The highest BCUT2D eigenvalue weighted by Gasteiger charge is 2.26. The van der Waals surface area contributed by atoms with Gasteiger partial charge in [-0.1, -0.05) is 18.2 Å². The Kier molecular flexibility index (Phi) is 5.86. The molecule has 1 fully saturated rings. The molecule has 0 spiro atoms. The number of carbonyl (C=O) groups excluding carboxylic acids is 2. The van der Waals surface area contributed by atoms with E-state index in [2.05, 4.69) is 5.32 Å². The molecule has 2 heterocycles. The van der Waals surface area contributed by atoms with Crippen LogP contribution in [-0.4, -0.2) is 41.5 Å². The van der Waals surface area contributed by atoms with Gasteiger partial charge in [-0.25, -0.2) is 0 Å². The Morgan fingerprint density at radius 3 is 2.73 bits per heavy atom. The minimum atomic E-state index is -0.354. The van der Waals surface area contributed by atoms with Crippen molar-refractivity contribution in [3.8, 4) is 0 Å². The van der Waals surface area contributed by atoms with Gasteiger partial charge >= 0.3 is 0 Å². The number of hydrogen-bond donors (Lipinski definition) is 2. The van der Waals surface area contributed by atoms with Crippen LogP contribution in [0, 0.1) is 5.92 Å². The molecule has 3 rings (SSSR count). The van der Waals surface area contributed by atoms with Crippen LogP contribution in [0.3, 0.4) is 0 Å². The largest absolute Gasteiger partial charge is 0.465 e. The summed E-state index contributed by atoms with van der Waals surface area (Å²) in [5.41, 5.74) is 0.630. The van der Waals surface area contributed by atoms with E-state index in [0.29, 0.717) is 24.4 Å². The van der Waals surface area contributed by atoms with E-state index in [9.17, 15) is 14.7 Å². The predicted octanol–water partition coefficient (Wildman–Crippen LogP) is 2.28.